The van der Waals surface area contributed by atoms with E-state index < -0.39 is 0 Å². The van der Waals surface area contributed by atoms with Crippen LogP contribution in [0.2, 0.25) is 0 Å². The summed E-state index contributed by atoms with van der Waals surface area (Å²) in [5, 5.41) is 0. The molecule has 1 saturated carbocycles. The molecule has 94 valence electrons. The molecule has 1 aromatic rings. The van der Waals surface area contributed by atoms with E-state index in [1.165, 1.54) is 36.8 Å². The van der Waals surface area contributed by atoms with Gasteiger partial charge in [-0.1, -0.05) is 41.8 Å². The first-order valence-electron chi connectivity index (χ1n) is 6.59. The maximum absolute atomic E-state index is 6.43. The molecule has 0 radical (unpaired) electrons. The number of benzene rings is 1. The van der Waals surface area contributed by atoms with Crippen molar-refractivity contribution in [1.29, 1.82) is 0 Å². The molecule has 0 bridgehead atoms. The van der Waals surface area contributed by atoms with E-state index in [1.54, 1.807) is 0 Å². The van der Waals surface area contributed by atoms with E-state index >= 15 is 0 Å². The van der Waals surface area contributed by atoms with Crippen molar-refractivity contribution in [3.05, 3.63) is 33.8 Å². The van der Waals surface area contributed by atoms with E-state index in [4.69, 9.17) is 5.73 Å². The van der Waals surface area contributed by atoms with E-state index in [0.717, 1.165) is 10.4 Å². The smallest absolute Gasteiger partial charge is 0.0324 e. The van der Waals surface area contributed by atoms with Gasteiger partial charge in [-0.2, -0.15) is 0 Å². The van der Waals surface area contributed by atoms with Gasteiger partial charge in [-0.05, 0) is 54.9 Å². The third kappa shape index (κ3) is 3.32. The summed E-state index contributed by atoms with van der Waals surface area (Å²) in [5.74, 6) is 1.56. The van der Waals surface area contributed by atoms with Crippen LogP contribution in [-0.4, -0.2) is 0 Å². The van der Waals surface area contributed by atoms with Crippen molar-refractivity contribution in [2.24, 2.45) is 17.6 Å². The lowest BCUT2D eigenvalue weighted by Crippen LogP contribution is -2.25. The van der Waals surface area contributed by atoms with Crippen LogP contribution in [0.15, 0.2) is 22.7 Å². The minimum Gasteiger partial charge on any atom is -0.324 e. The monoisotopic (exact) mass is 295 g/mol. The SMILES string of the molecule is Cc1cc(Br)cc(C(N)C2CCC(C)CC2)c1. The fourth-order valence-electron chi connectivity index (χ4n) is 2.87. The summed E-state index contributed by atoms with van der Waals surface area (Å²) in [6.45, 7) is 4.48. The molecule has 0 heterocycles. The normalized spacial score (nSPS) is 26.8. The van der Waals surface area contributed by atoms with Crippen molar-refractivity contribution in [2.75, 3.05) is 0 Å². The number of rotatable bonds is 2. The quantitative estimate of drug-likeness (QED) is 0.849. The molecule has 1 nitrogen and oxygen atoms in total. The zero-order valence-corrected chi connectivity index (χ0v) is 12.3. The molecule has 1 aliphatic carbocycles. The molecule has 0 spiro atoms. The molecule has 0 aromatic heterocycles. The van der Waals surface area contributed by atoms with Crippen LogP contribution < -0.4 is 5.73 Å². The number of aryl methyl sites for hydroxylation is 1. The Kier molecular flexibility index (Phi) is 4.26. The predicted octanol–water partition coefficient (Wildman–Crippen LogP) is 4.58. The van der Waals surface area contributed by atoms with Gasteiger partial charge in [0.25, 0.3) is 0 Å². The first-order valence-corrected chi connectivity index (χ1v) is 7.38. The summed E-state index contributed by atoms with van der Waals surface area (Å²) in [6.07, 6.45) is 5.25. The Morgan fingerprint density at radius 2 is 1.82 bits per heavy atom. The maximum Gasteiger partial charge on any atom is 0.0324 e. The Bertz CT molecular complexity index is 360. The summed E-state index contributed by atoms with van der Waals surface area (Å²) in [6, 6.07) is 6.75. The maximum atomic E-state index is 6.43. The van der Waals surface area contributed by atoms with Crippen molar-refractivity contribution >= 4 is 15.9 Å². The largest absolute Gasteiger partial charge is 0.324 e. The molecule has 2 rings (SSSR count). The van der Waals surface area contributed by atoms with Crippen molar-refractivity contribution in [2.45, 2.75) is 45.6 Å². The number of hydrogen-bond acceptors (Lipinski definition) is 1. The lowest BCUT2D eigenvalue weighted by atomic mass is 9.77. The molecule has 2 N–H and O–H groups in total. The molecule has 17 heavy (non-hydrogen) atoms. The van der Waals surface area contributed by atoms with Gasteiger partial charge >= 0.3 is 0 Å². The van der Waals surface area contributed by atoms with E-state index in [-0.39, 0.29) is 6.04 Å². The summed E-state index contributed by atoms with van der Waals surface area (Å²) in [4.78, 5) is 0. The average molecular weight is 296 g/mol. The van der Waals surface area contributed by atoms with Crippen LogP contribution in [0.4, 0.5) is 0 Å². The fourth-order valence-corrected chi connectivity index (χ4v) is 3.50. The van der Waals surface area contributed by atoms with Gasteiger partial charge in [0.2, 0.25) is 0 Å². The van der Waals surface area contributed by atoms with Crippen LogP contribution in [0.5, 0.6) is 0 Å². The highest BCUT2D eigenvalue weighted by molar-refractivity contribution is 9.10. The first-order chi connectivity index (χ1) is 8.06. The van der Waals surface area contributed by atoms with Crippen LogP contribution in [0, 0.1) is 18.8 Å². The first kappa shape index (κ1) is 13.1. The number of halogens is 1. The third-order valence-corrected chi connectivity index (χ3v) is 4.48. The second-order valence-corrected chi connectivity index (χ2v) is 6.52. The number of nitrogens with two attached hydrogens (primary N) is 1. The lowest BCUT2D eigenvalue weighted by molar-refractivity contribution is 0.256. The Morgan fingerprint density at radius 3 is 2.41 bits per heavy atom. The van der Waals surface area contributed by atoms with E-state index in [2.05, 4.69) is 48.0 Å². The van der Waals surface area contributed by atoms with Crippen LogP contribution in [-0.2, 0) is 0 Å². The van der Waals surface area contributed by atoms with Gasteiger partial charge < -0.3 is 5.73 Å². The molecule has 1 aromatic carbocycles. The molecule has 0 saturated heterocycles. The van der Waals surface area contributed by atoms with E-state index in [9.17, 15) is 0 Å². The van der Waals surface area contributed by atoms with Gasteiger partial charge in [0, 0.05) is 10.5 Å². The molecule has 2 heteroatoms. The summed E-state index contributed by atoms with van der Waals surface area (Å²) in [7, 11) is 0. The molecule has 1 atom stereocenters. The molecule has 1 unspecified atom stereocenters. The highest BCUT2D eigenvalue weighted by Gasteiger charge is 2.24. The van der Waals surface area contributed by atoms with E-state index in [1.807, 2.05) is 0 Å². The Hall–Kier alpha value is -0.340. The summed E-state index contributed by atoms with van der Waals surface area (Å²) >= 11 is 3.56. The fraction of sp³-hybridized carbons (Fsp3) is 0.600. The minimum absolute atomic E-state index is 0.207. The van der Waals surface area contributed by atoms with Crippen molar-refractivity contribution in [1.82, 2.24) is 0 Å². The molecule has 0 aliphatic heterocycles. The standard InChI is InChI=1S/C15H22BrN/c1-10-3-5-12(6-4-10)15(17)13-7-11(2)8-14(16)9-13/h7-10,12,15H,3-6,17H2,1-2H3. The van der Waals surface area contributed by atoms with Crippen molar-refractivity contribution < 1.29 is 0 Å². The number of hydrogen-bond donors (Lipinski definition) is 1. The summed E-state index contributed by atoms with van der Waals surface area (Å²) in [5.41, 5.74) is 9.01. The van der Waals surface area contributed by atoms with Crippen molar-refractivity contribution in [3.63, 3.8) is 0 Å². The average Bonchev–Trinajstić information content (AvgIpc) is 2.28. The van der Waals surface area contributed by atoms with Crippen molar-refractivity contribution in [3.8, 4) is 0 Å². The zero-order chi connectivity index (χ0) is 12.4. The predicted molar refractivity (Wildman–Crippen MR) is 76.9 cm³/mol. The van der Waals surface area contributed by atoms with Gasteiger partial charge in [-0.25, -0.2) is 0 Å². The lowest BCUT2D eigenvalue weighted by Gasteiger charge is -2.31. The van der Waals surface area contributed by atoms with Crippen LogP contribution in [0.25, 0.3) is 0 Å². The third-order valence-electron chi connectivity index (χ3n) is 4.02. The van der Waals surface area contributed by atoms with Gasteiger partial charge in [0.15, 0.2) is 0 Å². The van der Waals surface area contributed by atoms with Gasteiger partial charge in [0.05, 0.1) is 0 Å². The van der Waals surface area contributed by atoms with Gasteiger partial charge in [-0.15, -0.1) is 0 Å². The topological polar surface area (TPSA) is 26.0 Å². The molecule has 1 aliphatic rings. The molecular formula is C15H22BrN. The van der Waals surface area contributed by atoms with Gasteiger partial charge in [0.1, 0.15) is 0 Å². The molecule has 0 amide bonds. The Balaban J connectivity index is 2.10. The van der Waals surface area contributed by atoms with Crippen LogP contribution in [0.3, 0.4) is 0 Å². The molecule has 1 fully saturated rings. The zero-order valence-electron chi connectivity index (χ0n) is 10.7. The molecular weight excluding hydrogens is 274 g/mol. The Morgan fingerprint density at radius 1 is 1.18 bits per heavy atom. The highest BCUT2D eigenvalue weighted by Crippen LogP contribution is 2.36. The van der Waals surface area contributed by atoms with E-state index in [0.29, 0.717) is 5.92 Å². The van der Waals surface area contributed by atoms with Crippen LogP contribution >= 0.6 is 15.9 Å². The second kappa shape index (κ2) is 5.53. The van der Waals surface area contributed by atoms with Gasteiger partial charge in [-0.3, -0.25) is 0 Å². The Labute approximate surface area is 113 Å². The highest BCUT2D eigenvalue weighted by atomic mass is 79.9. The van der Waals surface area contributed by atoms with Crippen LogP contribution in [0.1, 0.15) is 49.8 Å². The summed E-state index contributed by atoms with van der Waals surface area (Å²) < 4.78 is 1.15. The second-order valence-electron chi connectivity index (χ2n) is 5.61. The minimum atomic E-state index is 0.207.